The lowest BCUT2D eigenvalue weighted by atomic mass is 10.2. The molecule has 0 bridgehead atoms. The van der Waals surface area contributed by atoms with Gasteiger partial charge < -0.3 is 10.1 Å². The first kappa shape index (κ1) is 14.7. The molecule has 1 N–H and O–H groups in total. The van der Waals surface area contributed by atoms with Crippen LogP contribution < -0.4 is 5.32 Å². The molecule has 0 radical (unpaired) electrons. The van der Waals surface area contributed by atoms with Gasteiger partial charge in [0, 0.05) is 15.9 Å². The maximum Gasteiger partial charge on any atom is 0.307 e. The molecule has 0 fully saturated rings. The molecule has 1 aromatic heterocycles. The zero-order valence-corrected chi connectivity index (χ0v) is 13.0. The molecular formula is C14H16BrN3O2. The Hall–Kier alpha value is -1.69. The molecule has 0 spiro atoms. The number of aromatic nitrogens is 2. The summed E-state index contributed by atoms with van der Waals surface area (Å²) in [5.41, 5.74) is 0.856. The molecule has 0 saturated carbocycles. The van der Waals surface area contributed by atoms with E-state index < -0.39 is 0 Å². The van der Waals surface area contributed by atoms with Gasteiger partial charge in [-0.25, -0.2) is 9.97 Å². The van der Waals surface area contributed by atoms with Crippen molar-refractivity contribution in [1.82, 2.24) is 9.97 Å². The van der Waals surface area contributed by atoms with Gasteiger partial charge in [-0.3, -0.25) is 4.79 Å². The van der Waals surface area contributed by atoms with Crippen LogP contribution in [0.15, 0.2) is 29.0 Å². The Morgan fingerprint density at radius 2 is 2.25 bits per heavy atom. The van der Waals surface area contributed by atoms with E-state index in [1.807, 2.05) is 25.1 Å². The highest BCUT2D eigenvalue weighted by Crippen LogP contribution is 2.24. The van der Waals surface area contributed by atoms with Gasteiger partial charge in [-0.2, -0.15) is 0 Å². The lowest BCUT2D eigenvalue weighted by Gasteiger charge is -2.15. The molecule has 106 valence electrons. The van der Waals surface area contributed by atoms with E-state index in [9.17, 15) is 4.79 Å². The van der Waals surface area contributed by atoms with E-state index in [1.165, 1.54) is 6.33 Å². The number of fused-ring (bicyclic) bond motifs is 1. The van der Waals surface area contributed by atoms with Crippen molar-refractivity contribution in [3.63, 3.8) is 0 Å². The number of anilines is 1. The molecule has 1 aromatic carbocycles. The molecule has 20 heavy (non-hydrogen) atoms. The van der Waals surface area contributed by atoms with E-state index >= 15 is 0 Å². The molecule has 0 aliphatic rings. The Morgan fingerprint density at radius 3 is 3.00 bits per heavy atom. The number of carbonyl (C=O) groups excluding carboxylic acids is 1. The Labute approximate surface area is 125 Å². The van der Waals surface area contributed by atoms with E-state index in [1.54, 1.807) is 6.92 Å². The van der Waals surface area contributed by atoms with Crippen LogP contribution in [0.5, 0.6) is 0 Å². The fourth-order valence-corrected chi connectivity index (χ4v) is 2.26. The number of rotatable bonds is 5. The molecule has 1 unspecified atom stereocenters. The minimum absolute atomic E-state index is 0.0638. The molecule has 1 heterocycles. The van der Waals surface area contributed by atoms with Crippen LogP contribution in [0.25, 0.3) is 10.9 Å². The highest BCUT2D eigenvalue weighted by molar-refractivity contribution is 9.10. The predicted molar refractivity (Wildman–Crippen MR) is 81.6 cm³/mol. The summed E-state index contributed by atoms with van der Waals surface area (Å²) in [4.78, 5) is 19.9. The second kappa shape index (κ2) is 6.65. The van der Waals surface area contributed by atoms with Gasteiger partial charge >= 0.3 is 5.97 Å². The SMILES string of the molecule is CCOC(=O)CC(C)Nc1ncnc2ccc(Br)cc12. The van der Waals surface area contributed by atoms with E-state index in [2.05, 4.69) is 31.2 Å². The van der Waals surface area contributed by atoms with Crippen molar-refractivity contribution < 1.29 is 9.53 Å². The second-order valence-corrected chi connectivity index (χ2v) is 5.35. The van der Waals surface area contributed by atoms with Gasteiger partial charge in [0.25, 0.3) is 0 Å². The third kappa shape index (κ3) is 3.66. The monoisotopic (exact) mass is 337 g/mol. The Bertz CT molecular complexity index is 618. The Kier molecular flexibility index (Phi) is 4.89. The average Bonchev–Trinajstić information content (AvgIpc) is 2.39. The van der Waals surface area contributed by atoms with Crippen LogP contribution in [-0.2, 0) is 9.53 Å². The molecule has 5 nitrogen and oxygen atoms in total. The Balaban J connectivity index is 2.17. The van der Waals surface area contributed by atoms with Gasteiger partial charge in [-0.15, -0.1) is 0 Å². The first-order valence-electron chi connectivity index (χ1n) is 6.42. The van der Waals surface area contributed by atoms with Crippen molar-refractivity contribution in [2.75, 3.05) is 11.9 Å². The molecule has 2 rings (SSSR count). The van der Waals surface area contributed by atoms with Crippen molar-refractivity contribution >= 4 is 38.6 Å². The van der Waals surface area contributed by atoms with Gasteiger partial charge in [0.15, 0.2) is 0 Å². The fourth-order valence-electron chi connectivity index (χ4n) is 1.90. The summed E-state index contributed by atoms with van der Waals surface area (Å²) in [5, 5.41) is 4.14. The molecule has 0 aliphatic carbocycles. The molecule has 0 aliphatic heterocycles. The van der Waals surface area contributed by atoms with Gasteiger partial charge in [0.05, 0.1) is 18.5 Å². The summed E-state index contributed by atoms with van der Waals surface area (Å²) in [6.07, 6.45) is 1.81. The number of hydrogen-bond donors (Lipinski definition) is 1. The van der Waals surface area contributed by atoms with Crippen LogP contribution in [0, 0.1) is 0 Å². The summed E-state index contributed by atoms with van der Waals surface area (Å²) in [5.74, 6) is 0.500. The summed E-state index contributed by atoms with van der Waals surface area (Å²) >= 11 is 3.44. The zero-order chi connectivity index (χ0) is 14.5. The van der Waals surface area contributed by atoms with Gasteiger partial charge in [-0.05, 0) is 32.0 Å². The van der Waals surface area contributed by atoms with Crippen molar-refractivity contribution in [3.05, 3.63) is 29.0 Å². The van der Waals surface area contributed by atoms with Crippen LogP contribution in [0.1, 0.15) is 20.3 Å². The molecule has 2 aromatic rings. The standard InChI is InChI=1S/C14H16BrN3O2/c1-3-20-13(19)6-9(2)18-14-11-7-10(15)4-5-12(11)16-8-17-14/h4-5,7-9H,3,6H2,1-2H3,(H,16,17,18). The van der Waals surface area contributed by atoms with Crippen LogP contribution in [0.4, 0.5) is 5.82 Å². The van der Waals surface area contributed by atoms with Gasteiger partial charge in [0.2, 0.25) is 0 Å². The summed E-state index contributed by atoms with van der Waals surface area (Å²) in [6.45, 7) is 4.11. The van der Waals surface area contributed by atoms with Crippen LogP contribution in [0.2, 0.25) is 0 Å². The number of nitrogens with one attached hydrogen (secondary N) is 1. The van der Waals surface area contributed by atoms with Crippen LogP contribution in [0.3, 0.4) is 0 Å². The lowest BCUT2D eigenvalue weighted by Crippen LogP contribution is -2.21. The predicted octanol–water partition coefficient (Wildman–Crippen LogP) is 3.15. The van der Waals surface area contributed by atoms with E-state index in [4.69, 9.17) is 4.74 Å². The van der Waals surface area contributed by atoms with Crippen molar-refractivity contribution in [3.8, 4) is 0 Å². The van der Waals surface area contributed by atoms with Crippen molar-refractivity contribution in [1.29, 1.82) is 0 Å². The first-order chi connectivity index (χ1) is 9.60. The van der Waals surface area contributed by atoms with Crippen LogP contribution in [-0.4, -0.2) is 28.6 Å². The number of hydrogen-bond acceptors (Lipinski definition) is 5. The Morgan fingerprint density at radius 1 is 1.45 bits per heavy atom. The minimum Gasteiger partial charge on any atom is -0.466 e. The number of halogens is 1. The third-order valence-electron chi connectivity index (χ3n) is 2.76. The first-order valence-corrected chi connectivity index (χ1v) is 7.22. The van der Waals surface area contributed by atoms with E-state index in [-0.39, 0.29) is 12.0 Å². The average molecular weight is 338 g/mol. The molecule has 0 saturated heterocycles. The van der Waals surface area contributed by atoms with Gasteiger partial charge in [-0.1, -0.05) is 15.9 Å². The van der Waals surface area contributed by atoms with E-state index in [0.717, 1.165) is 15.4 Å². The topological polar surface area (TPSA) is 64.1 Å². The van der Waals surface area contributed by atoms with E-state index in [0.29, 0.717) is 18.8 Å². The molecule has 1 atom stereocenters. The van der Waals surface area contributed by atoms with Crippen LogP contribution >= 0.6 is 15.9 Å². The summed E-state index contributed by atoms with van der Waals surface area (Å²) < 4.78 is 5.90. The number of benzene rings is 1. The van der Waals surface area contributed by atoms with Gasteiger partial charge in [0.1, 0.15) is 12.1 Å². The normalized spacial score (nSPS) is 12.2. The molecule has 6 heteroatoms. The molecule has 0 amide bonds. The second-order valence-electron chi connectivity index (χ2n) is 4.44. The van der Waals surface area contributed by atoms with Crippen molar-refractivity contribution in [2.24, 2.45) is 0 Å². The maximum atomic E-state index is 11.5. The number of nitrogens with zero attached hydrogens (tertiary/aromatic N) is 2. The largest absolute Gasteiger partial charge is 0.466 e. The minimum atomic E-state index is -0.216. The smallest absolute Gasteiger partial charge is 0.307 e. The molecular weight excluding hydrogens is 322 g/mol. The quantitative estimate of drug-likeness (QED) is 0.849. The third-order valence-corrected chi connectivity index (χ3v) is 3.25. The fraction of sp³-hybridized carbons (Fsp3) is 0.357. The lowest BCUT2D eigenvalue weighted by molar-refractivity contribution is -0.143. The number of carbonyl (C=O) groups is 1. The summed E-state index contributed by atoms with van der Waals surface area (Å²) in [7, 11) is 0. The maximum absolute atomic E-state index is 11.5. The number of ether oxygens (including phenoxy) is 1. The highest BCUT2D eigenvalue weighted by Gasteiger charge is 2.12. The number of esters is 1. The zero-order valence-electron chi connectivity index (χ0n) is 11.4. The summed E-state index contributed by atoms with van der Waals surface area (Å²) in [6, 6.07) is 5.74. The highest BCUT2D eigenvalue weighted by atomic mass is 79.9. The van der Waals surface area contributed by atoms with Crippen molar-refractivity contribution in [2.45, 2.75) is 26.3 Å².